The first kappa shape index (κ1) is 31.1. The quantitative estimate of drug-likeness (QED) is 0.0898. The van der Waals surface area contributed by atoms with Crippen LogP contribution in [0.15, 0.2) is 91.0 Å². The molecular formula is C35H37NO7. The van der Waals surface area contributed by atoms with Crippen molar-refractivity contribution in [1.29, 1.82) is 0 Å². The predicted octanol–water partition coefficient (Wildman–Crippen LogP) is 7.10. The molecule has 0 aromatic heterocycles. The largest absolute Gasteiger partial charge is 0.497 e. The van der Waals surface area contributed by atoms with Crippen LogP contribution in [0.3, 0.4) is 0 Å². The van der Waals surface area contributed by atoms with Crippen molar-refractivity contribution in [2.24, 2.45) is 5.73 Å². The van der Waals surface area contributed by atoms with Gasteiger partial charge in [-0.15, -0.1) is 0 Å². The summed E-state index contributed by atoms with van der Waals surface area (Å²) in [6.45, 7) is 3.60. The molecule has 43 heavy (non-hydrogen) atoms. The highest BCUT2D eigenvalue weighted by Gasteiger charge is 2.17. The van der Waals surface area contributed by atoms with E-state index in [0.717, 1.165) is 30.4 Å². The molecule has 0 bridgehead atoms. The summed E-state index contributed by atoms with van der Waals surface area (Å²) in [5.41, 5.74) is 8.16. The lowest BCUT2D eigenvalue weighted by molar-refractivity contribution is 0.0722. The first-order valence-electron chi connectivity index (χ1n) is 14.4. The predicted molar refractivity (Wildman–Crippen MR) is 165 cm³/mol. The van der Waals surface area contributed by atoms with Gasteiger partial charge in [0.15, 0.2) is 0 Å². The number of methoxy groups -OCH3 is 1. The zero-order chi connectivity index (χ0) is 30.4. The summed E-state index contributed by atoms with van der Waals surface area (Å²) in [6, 6.07) is 26.2. The van der Waals surface area contributed by atoms with Crippen LogP contribution in [0.25, 0.3) is 11.1 Å². The van der Waals surface area contributed by atoms with Crippen LogP contribution >= 0.6 is 0 Å². The summed E-state index contributed by atoms with van der Waals surface area (Å²) in [5.74, 6) is 1.54. The number of esters is 2. The summed E-state index contributed by atoms with van der Waals surface area (Å²) < 4.78 is 28.0. The van der Waals surface area contributed by atoms with E-state index in [4.69, 9.17) is 29.4 Å². The molecule has 0 spiro atoms. The maximum absolute atomic E-state index is 13.1. The lowest BCUT2D eigenvalue weighted by atomic mass is 10.1. The molecule has 4 rings (SSSR count). The fourth-order valence-electron chi connectivity index (χ4n) is 4.17. The molecule has 0 amide bonds. The molecule has 0 radical (unpaired) electrons. The highest BCUT2D eigenvalue weighted by molar-refractivity contribution is 5.94. The number of nitrogens with two attached hydrogens (primary N) is 1. The lowest BCUT2D eigenvalue weighted by Crippen LogP contribution is -2.13. The Bertz CT molecular complexity index is 1470. The highest BCUT2D eigenvalue weighted by Crippen LogP contribution is 2.29. The van der Waals surface area contributed by atoms with Gasteiger partial charge in [0, 0.05) is 6.07 Å². The van der Waals surface area contributed by atoms with Gasteiger partial charge >= 0.3 is 11.9 Å². The van der Waals surface area contributed by atoms with Gasteiger partial charge in [-0.1, -0.05) is 44.0 Å². The van der Waals surface area contributed by atoms with Crippen molar-refractivity contribution in [3.8, 4) is 39.9 Å². The van der Waals surface area contributed by atoms with Crippen LogP contribution in [-0.2, 0) is 0 Å². The number of benzene rings is 4. The van der Waals surface area contributed by atoms with E-state index in [2.05, 4.69) is 6.92 Å². The molecule has 2 N–H and O–H groups in total. The summed E-state index contributed by atoms with van der Waals surface area (Å²) >= 11 is 0. The van der Waals surface area contributed by atoms with Crippen molar-refractivity contribution >= 4 is 11.9 Å². The third-order valence-corrected chi connectivity index (χ3v) is 6.58. The fraction of sp³-hybridized carbons (Fsp3) is 0.257. The molecule has 8 heteroatoms. The Morgan fingerprint density at radius 1 is 0.628 bits per heavy atom. The number of ether oxygens (including phenoxy) is 5. The SMILES string of the molecule is CCCCCOc1ccc(C(=O)Oc2ccc(-c3ccc(OC(=O)c4ccc(OC)cc4)cc3)cc2)c(OCCCN)c1. The van der Waals surface area contributed by atoms with Gasteiger partial charge in [0.1, 0.15) is 34.3 Å². The van der Waals surface area contributed by atoms with Gasteiger partial charge in [0.2, 0.25) is 0 Å². The monoisotopic (exact) mass is 583 g/mol. The molecule has 0 heterocycles. The standard InChI is InChI=1S/C35H37NO7/c1-3-4-5-22-40-31-19-20-32(33(24-31)41-23-6-21-36)35(38)43-30-17-9-26(10-18-30)25-7-15-29(16-8-25)42-34(37)27-11-13-28(39-2)14-12-27/h7-20,24H,3-6,21-23,36H2,1-2H3. The van der Waals surface area contributed by atoms with E-state index in [9.17, 15) is 9.59 Å². The number of hydrogen-bond acceptors (Lipinski definition) is 8. The zero-order valence-electron chi connectivity index (χ0n) is 24.5. The van der Waals surface area contributed by atoms with Crippen molar-refractivity contribution < 1.29 is 33.3 Å². The molecule has 0 saturated carbocycles. The molecule has 4 aromatic rings. The van der Waals surface area contributed by atoms with Crippen LogP contribution in [-0.4, -0.2) is 38.8 Å². The van der Waals surface area contributed by atoms with Gasteiger partial charge in [0.25, 0.3) is 0 Å². The Labute approximate surface area is 252 Å². The van der Waals surface area contributed by atoms with Crippen molar-refractivity contribution in [1.82, 2.24) is 0 Å². The number of hydrogen-bond donors (Lipinski definition) is 1. The van der Waals surface area contributed by atoms with E-state index in [1.54, 1.807) is 73.8 Å². The van der Waals surface area contributed by atoms with Crippen molar-refractivity contribution in [3.05, 3.63) is 102 Å². The third kappa shape index (κ3) is 9.08. The average molecular weight is 584 g/mol. The summed E-state index contributed by atoms with van der Waals surface area (Å²) in [4.78, 5) is 25.5. The Hall–Kier alpha value is -4.82. The number of carbonyl (C=O) groups is 2. The van der Waals surface area contributed by atoms with Crippen LogP contribution in [0, 0.1) is 0 Å². The van der Waals surface area contributed by atoms with E-state index in [1.807, 2.05) is 24.3 Å². The molecule has 0 aliphatic carbocycles. The maximum Gasteiger partial charge on any atom is 0.347 e. The van der Waals surface area contributed by atoms with Crippen molar-refractivity contribution in [2.75, 3.05) is 26.9 Å². The van der Waals surface area contributed by atoms with E-state index < -0.39 is 11.9 Å². The Kier molecular flexibility index (Phi) is 11.6. The molecule has 0 atom stereocenters. The first-order valence-corrected chi connectivity index (χ1v) is 14.4. The number of unbranched alkanes of at least 4 members (excludes halogenated alkanes) is 2. The second-order valence-electron chi connectivity index (χ2n) is 9.76. The van der Waals surface area contributed by atoms with E-state index >= 15 is 0 Å². The summed E-state index contributed by atoms with van der Waals surface area (Å²) in [7, 11) is 1.57. The van der Waals surface area contributed by atoms with Gasteiger partial charge < -0.3 is 29.4 Å². The van der Waals surface area contributed by atoms with Gasteiger partial charge in [-0.3, -0.25) is 0 Å². The molecule has 0 unspecified atom stereocenters. The van der Waals surface area contributed by atoms with Gasteiger partial charge in [0.05, 0.1) is 25.9 Å². The van der Waals surface area contributed by atoms with Crippen LogP contribution in [0.1, 0.15) is 53.3 Å². The van der Waals surface area contributed by atoms with Gasteiger partial charge in [-0.25, -0.2) is 9.59 Å². The molecule has 4 aromatic carbocycles. The van der Waals surface area contributed by atoms with Gasteiger partial charge in [-0.05, 0) is 91.2 Å². The van der Waals surface area contributed by atoms with Crippen molar-refractivity contribution in [3.63, 3.8) is 0 Å². The van der Waals surface area contributed by atoms with Crippen LogP contribution < -0.4 is 29.4 Å². The van der Waals surface area contributed by atoms with Crippen molar-refractivity contribution in [2.45, 2.75) is 32.6 Å². The smallest absolute Gasteiger partial charge is 0.347 e. The number of rotatable bonds is 15. The topological polar surface area (TPSA) is 106 Å². The van der Waals surface area contributed by atoms with Gasteiger partial charge in [-0.2, -0.15) is 0 Å². The Morgan fingerprint density at radius 2 is 1.19 bits per heavy atom. The molecule has 0 aliphatic rings. The molecule has 8 nitrogen and oxygen atoms in total. The Balaban J connectivity index is 1.38. The maximum atomic E-state index is 13.1. The minimum atomic E-state index is -0.531. The third-order valence-electron chi connectivity index (χ3n) is 6.58. The molecular weight excluding hydrogens is 546 g/mol. The molecule has 224 valence electrons. The Morgan fingerprint density at radius 3 is 1.77 bits per heavy atom. The minimum absolute atomic E-state index is 0.307. The molecule has 0 aliphatic heterocycles. The number of carbonyl (C=O) groups excluding carboxylic acids is 2. The highest BCUT2D eigenvalue weighted by atomic mass is 16.5. The lowest BCUT2D eigenvalue weighted by Gasteiger charge is -2.14. The van der Waals surface area contributed by atoms with E-state index in [1.165, 1.54) is 0 Å². The average Bonchev–Trinajstić information content (AvgIpc) is 3.04. The summed E-state index contributed by atoms with van der Waals surface area (Å²) in [5, 5.41) is 0. The minimum Gasteiger partial charge on any atom is -0.497 e. The first-order chi connectivity index (χ1) is 21.0. The van der Waals surface area contributed by atoms with E-state index in [-0.39, 0.29) is 0 Å². The summed E-state index contributed by atoms with van der Waals surface area (Å²) in [6.07, 6.45) is 3.82. The normalized spacial score (nSPS) is 10.6. The van der Waals surface area contributed by atoms with E-state index in [0.29, 0.717) is 66.1 Å². The zero-order valence-corrected chi connectivity index (χ0v) is 24.5. The van der Waals surface area contributed by atoms with Crippen LogP contribution in [0.4, 0.5) is 0 Å². The molecule has 0 saturated heterocycles. The van der Waals surface area contributed by atoms with Crippen LogP contribution in [0.2, 0.25) is 0 Å². The second-order valence-corrected chi connectivity index (χ2v) is 9.76. The second kappa shape index (κ2) is 16.0. The fourth-order valence-corrected chi connectivity index (χ4v) is 4.17. The molecule has 0 fully saturated rings. The van der Waals surface area contributed by atoms with Crippen LogP contribution in [0.5, 0.6) is 28.7 Å².